The number of phenols is 2. The first-order chi connectivity index (χ1) is 9.20. The van der Waals surface area contributed by atoms with Crippen molar-refractivity contribution in [1.82, 2.24) is 0 Å². The predicted octanol–water partition coefficient (Wildman–Crippen LogP) is 4.38. The molecule has 0 radical (unpaired) electrons. The maximum atomic E-state index is 10.9. The predicted molar refractivity (Wildman–Crippen MR) is 76.0 cm³/mol. The Labute approximate surface area is 111 Å². The monoisotopic (exact) mass is 259 g/mol. The molecule has 0 aromatic heterocycles. The summed E-state index contributed by atoms with van der Waals surface area (Å²) in [6, 6.07) is 6.92. The minimum atomic E-state index is -0.192. The SMILES string of the molecule is CCCCCc1c(O)c(N=O)c2ccccc2c1O. The molecule has 0 aliphatic carbocycles. The Kier molecular flexibility index (Phi) is 4.00. The smallest absolute Gasteiger partial charge is 0.157 e. The lowest BCUT2D eigenvalue weighted by Gasteiger charge is -2.12. The number of nitroso groups, excluding NO2 is 1. The van der Waals surface area contributed by atoms with Crippen LogP contribution >= 0.6 is 0 Å². The van der Waals surface area contributed by atoms with E-state index in [1.54, 1.807) is 24.3 Å². The summed E-state index contributed by atoms with van der Waals surface area (Å²) in [5, 5.41) is 24.3. The van der Waals surface area contributed by atoms with Gasteiger partial charge in [-0.15, -0.1) is 4.91 Å². The average Bonchev–Trinajstić information content (AvgIpc) is 2.43. The number of hydrogen-bond acceptors (Lipinski definition) is 4. The summed E-state index contributed by atoms with van der Waals surface area (Å²) < 4.78 is 0. The molecule has 0 unspecified atom stereocenters. The highest BCUT2D eigenvalue weighted by molar-refractivity contribution is 6.00. The van der Waals surface area contributed by atoms with Gasteiger partial charge in [-0.1, -0.05) is 44.0 Å². The van der Waals surface area contributed by atoms with Crippen LogP contribution in [0.1, 0.15) is 31.7 Å². The standard InChI is InChI=1S/C15H17NO3/c1-2-3-4-9-12-14(17)11-8-6-5-7-10(11)13(16-19)15(12)18/h5-8,17-18H,2-4,9H2,1H3. The molecule has 0 heterocycles. The van der Waals surface area contributed by atoms with Gasteiger partial charge in [-0.3, -0.25) is 0 Å². The summed E-state index contributed by atoms with van der Waals surface area (Å²) in [5.41, 5.74) is 0.432. The fourth-order valence-electron chi connectivity index (χ4n) is 2.32. The van der Waals surface area contributed by atoms with E-state index in [0.29, 0.717) is 22.8 Å². The molecular weight excluding hydrogens is 242 g/mol. The second-order valence-corrected chi connectivity index (χ2v) is 4.62. The zero-order chi connectivity index (χ0) is 13.8. The molecule has 4 heteroatoms. The molecule has 0 spiro atoms. The minimum Gasteiger partial charge on any atom is -0.507 e. The van der Waals surface area contributed by atoms with Gasteiger partial charge in [0, 0.05) is 16.3 Å². The van der Waals surface area contributed by atoms with Gasteiger partial charge >= 0.3 is 0 Å². The molecule has 100 valence electrons. The highest BCUT2D eigenvalue weighted by Gasteiger charge is 2.18. The third-order valence-electron chi connectivity index (χ3n) is 3.35. The molecule has 19 heavy (non-hydrogen) atoms. The van der Waals surface area contributed by atoms with Gasteiger partial charge in [-0.05, 0) is 18.0 Å². The molecule has 0 fully saturated rings. The van der Waals surface area contributed by atoms with Crippen molar-refractivity contribution in [2.24, 2.45) is 5.18 Å². The first-order valence-corrected chi connectivity index (χ1v) is 6.49. The molecule has 4 nitrogen and oxygen atoms in total. The lowest BCUT2D eigenvalue weighted by Crippen LogP contribution is -1.90. The van der Waals surface area contributed by atoms with Crippen molar-refractivity contribution in [1.29, 1.82) is 0 Å². The fourth-order valence-corrected chi connectivity index (χ4v) is 2.32. The quantitative estimate of drug-likeness (QED) is 0.618. The van der Waals surface area contributed by atoms with E-state index in [-0.39, 0.29) is 17.2 Å². The van der Waals surface area contributed by atoms with Gasteiger partial charge in [0.05, 0.1) is 0 Å². The zero-order valence-electron chi connectivity index (χ0n) is 10.9. The fraction of sp³-hybridized carbons (Fsp3) is 0.333. The zero-order valence-corrected chi connectivity index (χ0v) is 10.9. The van der Waals surface area contributed by atoms with E-state index in [1.807, 2.05) is 0 Å². The number of fused-ring (bicyclic) bond motifs is 1. The Bertz CT molecular complexity index is 608. The Hall–Kier alpha value is -2.10. The van der Waals surface area contributed by atoms with Gasteiger partial charge < -0.3 is 10.2 Å². The van der Waals surface area contributed by atoms with E-state index in [9.17, 15) is 15.1 Å². The first kappa shape index (κ1) is 13.3. The van der Waals surface area contributed by atoms with Gasteiger partial charge in [0.2, 0.25) is 0 Å². The van der Waals surface area contributed by atoms with Crippen LogP contribution in [-0.4, -0.2) is 10.2 Å². The van der Waals surface area contributed by atoms with Gasteiger partial charge in [0.1, 0.15) is 5.75 Å². The van der Waals surface area contributed by atoms with Crippen molar-refractivity contribution < 1.29 is 10.2 Å². The molecule has 0 amide bonds. The van der Waals surface area contributed by atoms with Crippen LogP contribution in [0.3, 0.4) is 0 Å². The van der Waals surface area contributed by atoms with Crippen LogP contribution in [0.15, 0.2) is 29.4 Å². The normalized spacial score (nSPS) is 10.8. The van der Waals surface area contributed by atoms with Crippen LogP contribution in [0.25, 0.3) is 10.8 Å². The molecular formula is C15H17NO3. The van der Waals surface area contributed by atoms with Crippen LogP contribution in [0.2, 0.25) is 0 Å². The summed E-state index contributed by atoms with van der Waals surface area (Å²) in [6.45, 7) is 2.08. The summed E-state index contributed by atoms with van der Waals surface area (Å²) in [6.07, 6.45) is 3.45. The molecule has 2 aromatic carbocycles. The van der Waals surface area contributed by atoms with E-state index in [0.717, 1.165) is 19.3 Å². The third-order valence-corrected chi connectivity index (χ3v) is 3.35. The topological polar surface area (TPSA) is 69.9 Å². The number of nitrogens with zero attached hydrogens (tertiary/aromatic N) is 1. The van der Waals surface area contributed by atoms with E-state index in [1.165, 1.54) is 0 Å². The largest absolute Gasteiger partial charge is 0.507 e. The van der Waals surface area contributed by atoms with Crippen molar-refractivity contribution in [2.45, 2.75) is 32.6 Å². The van der Waals surface area contributed by atoms with Crippen LogP contribution in [0, 0.1) is 4.91 Å². The Balaban J connectivity index is 2.60. The third kappa shape index (κ3) is 2.38. The maximum absolute atomic E-state index is 10.9. The van der Waals surface area contributed by atoms with E-state index in [2.05, 4.69) is 12.1 Å². The maximum Gasteiger partial charge on any atom is 0.157 e. The van der Waals surface area contributed by atoms with Gasteiger partial charge in [0.25, 0.3) is 0 Å². The van der Waals surface area contributed by atoms with Crippen molar-refractivity contribution in [3.63, 3.8) is 0 Å². The van der Waals surface area contributed by atoms with Gasteiger partial charge in [-0.25, -0.2) is 0 Å². The van der Waals surface area contributed by atoms with Gasteiger partial charge in [0.15, 0.2) is 11.4 Å². The molecule has 2 aromatic rings. The van der Waals surface area contributed by atoms with Crippen molar-refractivity contribution in [2.75, 3.05) is 0 Å². The Morgan fingerprint density at radius 2 is 1.74 bits per heavy atom. The molecule has 0 bridgehead atoms. The van der Waals surface area contributed by atoms with Crippen molar-refractivity contribution >= 4 is 16.5 Å². The molecule has 0 saturated heterocycles. The summed E-state index contributed by atoms with van der Waals surface area (Å²) in [5.74, 6) is -0.140. The Morgan fingerprint density at radius 1 is 1.05 bits per heavy atom. The second kappa shape index (κ2) is 5.69. The van der Waals surface area contributed by atoms with Crippen LogP contribution in [0.4, 0.5) is 5.69 Å². The molecule has 0 saturated carbocycles. The lowest BCUT2D eigenvalue weighted by molar-refractivity contribution is 0.441. The number of phenolic OH excluding ortho intramolecular Hbond substituents is 2. The molecule has 0 aliphatic heterocycles. The number of unbranched alkanes of at least 4 members (excludes halogenated alkanes) is 2. The average molecular weight is 259 g/mol. The van der Waals surface area contributed by atoms with E-state index < -0.39 is 0 Å². The van der Waals surface area contributed by atoms with Gasteiger partial charge in [-0.2, -0.15) is 0 Å². The van der Waals surface area contributed by atoms with Crippen molar-refractivity contribution in [3.05, 3.63) is 34.7 Å². The van der Waals surface area contributed by atoms with Crippen molar-refractivity contribution in [3.8, 4) is 11.5 Å². The second-order valence-electron chi connectivity index (χ2n) is 4.62. The highest BCUT2D eigenvalue weighted by Crippen LogP contribution is 2.45. The summed E-state index contributed by atoms with van der Waals surface area (Å²) in [4.78, 5) is 10.9. The number of benzene rings is 2. The number of aromatic hydroxyl groups is 2. The molecule has 2 rings (SSSR count). The molecule has 0 atom stereocenters. The van der Waals surface area contributed by atoms with Crippen LogP contribution < -0.4 is 0 Å². The van der Waals surface area contributed by atoms with E-state index >= 15 is 0 Å². The van der Waals surface area contributed by atoms with E-state index in [4.69, 9.17) is 0 Å². The number of rotatable bonds is 5. The minimum absolute atomic E-state index is 0.0138. The summed E-state index contributed by atoms with van der Waals surface area (Å²) >= 11 is 0. The highest BCUT2D eigenvalue weighted by atomic mass is 16.3. The summed E-state index contributed by atoms with van der Waals surface area (Å²) in [7, 11) is 0. The lowest BCUT2D eigenvalue weighted by atomic mass is 9.98. The van der Waals surface area contributed by atoms with Crippen LogP contribution in [-0.2, 0) is 6.42 Å². The first-order valence-electron chi connectivity index (χ1n) is 6.49. The number of hydrogen-bond donors (Lipinski definition) is 2. The Morgan fingerprint density at radius 3 is 2.37 bits per heavy atom. The molecule has 2 N–H and O–H groups in total. The van der Waals surface area contributed by atoms with Crippen LogP contribution in [0.5, 0.6) is 11.5 Å². The molecule has 0 aliphatic rings.